The van der Waals surface area contributed by atoms with Crippen LogP contribution < -0.4 is 16.0 Å². The second-order valence-electron chi connectivity index (χ2n) is 4.91. The molecule has 6 nitrogen and oxygen atoms in total. The Kier molecular flexibility index (Phi) is 4.52. The maximum Gasteiger partial charge on any atom is 0.322 e. The van der Waals surface area contributed by atoms with Crippen LogP contribution in [0.4, 0.5) is 9.18 Å². The number of carbonyl (C=O) groups excluding carboxylic acids is 3. The average Bonchev–Trinajstić information content (AvgIpc) is 2.76. The number of halogens is 1. The molecule has 3 N–H and O–H groups in total. The standard InChI is InChI=1S/C14H16FN3O3/c1-8-2-3-9(6-10(8)15)7-16-12(19)5-4-11-13(20)18-14(21)17-11/h2-3,6,11H,4-5,7H2,1H3,(H,16,19)(H2,17,18,20,21)/t11-/m0/s1. The number of imide groups is 1. The molecular weight excluding hydrogens is 277 g/mol. The predicted octanol–water partition coefficient (Wildman–Crippen LogP) is 0.739. The summed E-state index contributed by atoms with van der Waals surface area (Å²) in [5, 5.41) is 7.16. The zero-order valence-corrected chi connectivity index (χ0v) is 11.5. The summed E-state index contributed by atoms with van der Waals surface area (Å²) in [5.41, 5.74) is 1.21. The van der Waals surface area contributed by atoms with Crippen molar-refractivity contribution in [3.8, 4) is 0 Å². The van der Waals surface area contributed by atoms with Crippen molar-refractivity contribution in [1.82, 2.24) is 16.0 Å². The molecular formula is C14H16FN3O3. The molecule has 0 unspecified atom stereocenters. The molecule has 4 amide bonds. The van der Waals surface area contributed by atoms with Crippen LogP contribution in [-0.2, 0) is 16.1 Å². The van der Waals surface area contributed by atoms with E-state index in [9.17, 15) is 18.8 Å². The molecule has 0 spiro atoms. The quantitative estimate of drug-likeness (QED) is 0.700. The lowest BCUT2D eigenvalue weighted by Gasteiger charge is -2.08. The summed E-state index contributed by atoms with van der Waals surface area (Å²) in [4.78, 5) is 33.8. The molecule has 0 radical (unpaired) electrons. The number of nitrogens with one attached hydrogen (secondary N) is 3. The fraction of sp³-hybridized carbons (Fsp3) is 0.357. The van der Waals surface area contributed by atoms with Crippen molar-refractivity contribution in [2.24, 2.45) is 0 Å². The van der Waals surface area contributed by atoms with Crippen molar-refractivity contribution in [2.75, 3.05) is 0 Å². The number of hydrogen-bond acceptors (Lipinski definition) is 3. The molecule has 1 aromatic carbocycles. The van der Waals surface area contributed by atoms with Crippen LogP contribution in [0.3, 0.4) is 0 Å². The van der Waals surface area contributed by atoms with Crippen LogP contribution in [0.5, 0.6) is 0 Å². The summed E-state index contributed by atoms with van der Waals surface area (Å²) >= 11 is 0. The van der Waals surface area contributed by atoms with E-state index in [1.807, 2.05) is 0 Å². The highest BCUT2D eigenvalue weighted by atomic mass is 19.1. The Morgan fingerprint density at radius 2 is 2.14 bits per heavy atom. The van der Waals surface area contributed by atoms with Gasteiger partial charge in [-0.05, 0) is 30.5 Å². The highest BCUT2D eigenvalue weighted by molar-refractivity contribution is 6.04. The van der Waals surface area contributed by atoms with Gasteiger partial charge in [0.25, 0.3) is 5.91 Å². The Bertz CT molecular complexity index is 589. The van der Waals surface area contributed by atoms with Gasteiger partial charge in [-0.2, -0.15) is 0 Å². The van der Waals surface area contributed by atoms with Crippen molar-refractivity contribution in [3.05, 3.63) is 35.1 Å². The molecule has 1 atom stereocenters. The van der Waals surface area contributed by atoms with Crippen molar-refractivity contribution in [3.63, 3.8) is 0 Å². The lowest BCUT2D eigenvalue weighted by atomic mass is 10.1. The summed E-state index contributed by atoms with van der Waals surface area (Å²) in [7, 11) is 0. The Morgan fingerprint density at radius 3 is 2.76 bits per heavy atom. The highest BCUT2D eigenvalue weighted by Gasteiger charge is 2.29. The Morgan fingerprint density at radius 1 is 1.38 bits per heavy atom. The van der Waals surface area contributed by atoms with E-state index in [1.165, 1.54) is 6.07 Å². The van der Waals surface area contributed by atoms with Gasteiger partial charge in [-0.3, -0.25) is 14.9 Å². The van der Waals surface area contributed by atoms with Gasteiger partial charge >= 0.3 is 6.03 Å². The molecule has 1 aromatic rings. The van der Waals surface area contributed by atoms with Crippen molar-refractivity contribution < 1.29 is 18.8 Å². The molecule has 7 heteroatoms. The van der Waals surface area contributed by atoms with E-state index >= 15 is 0 Å². The van der Waals surface area contributed by atoms with Gasteiger partial charge < -0.3 is 10.6 Å². The number of hydrogen-bond donors (Lipinski definition) is 3. The Balaban J connectivity index is 1.76. The summed E-state index contributed by atoms with van der Waals surface area (Å²) in [6.07, 6.45) is 0.332. The number of amides is 4. The first-order valence-corrected chi connectivity index (χ1v) is 6.59. The minimum absolute atomic E-state index is 0.104. The summed E-state index contributed by atoms with van der Waals surface area (Å²) < 4.78 is 13.3. The van der Waals surface area contributed by atoms with E-state index in [4.69, 9.17) is 0 Å². The number of carbonyl (C=O) groups is 3. The SMILES string of the molecule is Cc1ccc(CNC(=O)CC[C@@H]2NC(=O)NC2=O)cc1F. The molecule has 0 aromatic heterocycles. The van der Waals surface area contributed by atoms with Gasteiger partial charge in [0.2, 0.25) is 5.91 Å². The van der Waals surface area contributed by atoms with Crippen molar-refractivity contribution in [2.45, 2.75) is 32.4 Å². The van der Waals surface area contributed by atoms with Crippen molar-refractivity contribution in [1.29, 1.82) is 0 Å². The number of benzene rings is 1. The molecule has 2 rings (SSSR count). The van der Waals surface area contributed by atoms with E-state index in [2.05, 4.69) is 16.0 Å². The monoisotopic (exact) mass is 293 g/mol. The van der Waals surface area contributed by atoms with Gasteiger partial charge in [0, 0.05) is 13.0 Å². The molecule has 0 bridgehead atoms. The zero-order chi connectivity index (χ0) is 15.4. The first kappa shape index (κ1) is 15.0. The topological polar surface area (TPSA) is 87.3 Å². The van der Waals surface area contributed by atoms with E-state index in [-0.39, 0.29) is 31.1 Å². The lowest BCUT2D eigenvalue weighted by Crippen LogP contribution is -2.31. The van der Waals surface area contributed by atoms with Crippen LogP contribution >= 0.6 is 0 Å². The largest absolute Gasteiger partial charge is 0.352 e. The van der Waals surface area contributed by atoms with E-state index < -0.39 is 18.0 Å². The summed E-state index contributed by atoms with van der Waals surface area (Å²) in [6.45, 7) is 1.89. The third-order valence-corrected chi connectivity index (χ3v) is 3.24. The number of rotatable bonds is 5. The van der Waals surface area contributed by atoms with E-state index in [1.54, 1.807) is 19.1 Å². The van der Waals surface area contributed by atoms with Gasteiger partial charge in [-0.25, -0.2) is 9.18 Å². The normalized spacial score (nSPS) is 17.3. The fourth-order valence-corrected chi connectivity index (χ4v) is 1.97. The lowest BCUT2D eigenvalue weighted by molar-refractivity contribution is -0.122. The summed E-state index contributed by atoms with van der Waals surface area (Å²) in [6, 6.07) is 3.55. The molecule has 0 aliphatic carbocycles. The summed E-state index contributed by atoms with van der Waals surface area (Å²) in [5.74, 6) is -0.995. The van der Waals surface area contributed by atoms with Crippen LogP contribution in [0.25, 0.3) is 0 Å². The molecule has 1 fully saturated rings. The van der Waals surface area contributed by atoms with E-state index in [0.717, 1.165) is 0 Å². The minimum atomic E-state index is -0.667. The molecule has 112 valence electrons. The highest BCUT2D eigenvalue weighted by Crippen LogP contribution is 2.09. The molecule has 21 heavy (non-hydrogen) atoms. The van der Waals surface area contributed by atoms with E-state index in [0.29, 0.717) is 11.1 Å². The first-order valence-electron chi connectivity index (χ1n) is 6.59. The van der Waals surface area contributed by atoms with Crippen LogP contribution in [0.1, 0.15) is 24.0 Å². The van der Waals surface area contributed by atoms with Crippen LogP contribution in [-0.4, -0.2) is 23.9 Å². The second kappa shape index (κ2) is 6.34. The predicted molar refractivity (Wildman–Crippen MR) is 72.7 cm³/mol. The average molecular weight is 293 g/mol. The third kappa shape index (κ3) is 4.01. The van der Waals surface area contributed by atoms with Crippen LogP contribution in [0, 0.1) is 12.7 Å². The van der Waals surface area contributed by atoms with Gasteiger partial charge in [-0.15, -0.1) is 0 Å². The number of aryl methyl sites for hydroxylation is 1. The van der Waals surface area contributed by atoms with Crippen LogP contribution in [0.15, 0.2) is 18.2 Å². The van der Waals surface area contributed by atoms with Gasteiger partial charge in [-0.1, -0.05) is 12.1 Å². The maximum absolute atomic E-state index is 13.3. The minimum Gasteiger partial charge on any atom is -0.352 e. The van der Waals surface area contributed by atoms with Gasteiger partial charge in [0.05, 0.1) is 0 Å². The fourth-order valence-electron chi connectivity index (χ4n) is 1.97. The Labute approximate surface area is 121 Å². The first-order chi connectivity index (χ1) is 9.95. The molecule has 1 aliphatic rings. The second-order valence-corrected chi connectivity index (χ2v) is 4.91. The van der Waals surface area contributed by atoms with Crippen molar-refractivity contribution >= 4 is 17.8 Å². The number of urea groups is 1. The maximum atomic E-state index is 13.3. The Hall–Kier alpha value is -2.44. The molecule has 1 aliphatic heterocycles. The third-order valence-electron chi connectivity index (χ3n) is 3.24. The smallest absolute Gasteiger partial charge is 0.322 e. The van der Waals surface area contributed by atoms with Crippen LogP contribution in [0.2, 0.25) is 0 Å². The molecule has 1 heterocycles. The molecule has 0 saturated carbocycles. The van der Waals surface area contributed by atoms with Gasteiger partial charge in [0.15, 0.2) is 0 Å². The zero-order valence-electron chi connectivity index (χ0n) is 11.5. The van der Waals surface area contributed by atoms with Gasteiger partial charge in [0.1, 0.15) is 11.9 Å². The molecule has 1 saturated heterocycles.